The maximum absolute atomic E-state index is 13.4. The van der Waals surface area contributed by atoms with Crippen LogP contribution in [0.3, 0.4) is 0 Å². The van der Waals surface area contributed by atoms with Gasteiger partial charge in [0.05, 0.1) is 5.69 Å². The van der Waals surface area contributed by atoms with Gasteiger partial charge in [0.2, 0.25) is 5.91 Å². The maximum Gasteiger partial charge on any atom is 0.226 e. The Morgan fingerprint density at radius 2 is 1.94 bits per heavy atom. The van der Waals surface area contributed by atoms with Crippen LogP contribution in [0.25, 0.3) is 0 Å². The Labute approximate surface area is 109 Å². The van der Waals surface area contributed by atoms with Crippen molar-refractivity contribution < 1.29 is 35.3 Å². The number of nitrogens with zero attached hydrogens (tertiary/aromatic N) is 1. The van der Waals surface area contributed by atoms with Crippen molar-refractivity contribution in [1.29, 1.82) is 0 Å². The molecule has 2 nitrogen and oxygen atoms in total. The van der Waals surface area contributed by atoms with Gasteiger partial charge in [-0.1, -0.05) is 6.92 Å². The van der Waals surface area contributed by atoms with E-state index in [9.17, 15) is 13.6 Å². The van der Waals surface area contributed by atoms with Gasteiger partial charge >= 0.3 is 0 Å². The average molecular weight is 261 g/mol. The molecule has 1 aromatic rings. The second-order valence-electron chi connectivity index (χ2n) is 3.09. The topological polar surface area (TPSA) is 20.3 Å². The molecule has 0 fully saturated rings. The summed E-state index contributed by atoms with van der Waals surface area (Å²) in [6, 6.07) is 3.20. The number of hydrogen-bond acceptors (Lipinski definition) is 1. The minimum Gasteiger partial charge on any atom is -0.310 e. The first kappa shape index (κ1) is 15.3. The molecular weight excluding hydrogens is 248 g/mol. The van der Waals surface area contributed by atoms with Gasteiger partial charge in [0.1, 0.15) is 11.6 Å². The second kappa shape index (κ2) is 6.76. The van der Waals surface area contributed by atoms with E-state index in [-0.39, 0.29) is 33.3 Å². The summed E-state index contributed by atoms with van der Waals surface area (Å²) in [5.74, 6) is -1.53. The van der Waals surface area contributed by atoms with Crippen molar-refractivity contribution in [2.45, 2.75) is 20.3 Å². The quantitative estimate of drug-likeness (QED) is 0.766. The molecule has 0 aliphatic rings. The van der Waals surface area contributed by atoms with Gasteiger partial charge in [-0.15, -0.1) is 0 Å². The molecule has 5 heteroatoms. The number of amides is 1. The molecule has 0 heterocycles. The van der Waals surface area contributed by atoms with Crippen LogP contribution >= 0.6 is 0 Å². The fraction of sp³-hybridized carbons (Fsp3) is 0.364. The molecular formula is C11H13F2NOTi. The van der Waals surface area contributed by atoms with Crippen molar-refractivity contribution in [3.63, 3.8) is 0 Å². The largest absolute Gasteiger partial charge is 0.310 e. The summed E-state index contributed by atoms with van der Waals surface area (Å²) in [6.45, 7) is 3.82. The van der Waals surface area contributed by atoms with Crippen molar-refractivity contribution in [2.24, 2.45) is 0 Å². The predicted octanol–water partition coefficient (Wildman–Crippen LogP) is 2.73. The number of carbonyl (C=O) groups excluding carboxylic acids is 1. The molecule has 0 radical (unpaired) electrons. The van der Waals surface area contributed by atoms with E-state index < -0.39 is 11.6 Å². The van der Waals surface area contributed by atoms with Crippen LogP contribution in [-0.2, 0) is 26.5 Å². The molecule has 0 N–H and O–H groups in total. The van der Waals surface area contributed by atoms with Gasteiger partial charge in [-0.2, -0.15) is 0 Å². The van der Waals surface area contributed by atoms with Crippen LogP contribution in [0, 0.1) is 11.6 Å². The second-order valence-corrected chi connectivity index (χ2v) is 3.09. The first-order chi connectivity index (χ1) is 7.10. The molecule has 0 saturated carbocycles. The summed E-state index contributed by atoms with van der Waals surface area (Å²) in [4.78, 5) is 12.7. The molecule has 0 saturated heterocycles. The van der Waals surface area contributed by atoms with Crippen LogP contribution in [0.5, 0.6) is 0 Å². The normalized spacial score (nSPS) is 9.50. The Balaban J connectivity index is 0.00000225. The molecule has 1 aromatic carbocycles. The standard InChI is InChI=1S/C11H13F2NO.Ti/c1-3-11(15)14(4-2)10-6-5-8(12)7-9(10)13;/h5-7H,3-4H2,1-2H3;. The fourth-order valence-corrected chi connectivity index (χ4v) is 1.37. The number of anilines is 1. The van der Waals surface area contributed by atoms with Gasteiger partial charge in [-0.05, 0) is 19.1 Å². The van der Waals surface area contributed by atoms with E-state index in [2.05, 4.69) is 0 Å². The molecule has 1 amide bonds. The third-order valence-electron chi connectivity index (χ3n) is 2.12. The summed E-state index contributed by atoms with van der Waals surface area (Å²) in [5.41, 5.74) is 0.130. The van der Waals surface area contributed by atoms with E-state index in [1.165, 1.54) is 11.0 Å². The van der Waals surface area contributed by atoms with Gasteiger partial charge < -0.3 is 4.90 Å². The van der Waals surface area contributed by atoms with Crippen LogP contribution < -0.4 is 4.90 Å². The monoisotopic (exact) mass is 261 g/mol. The molecule has 0 aliphatic heterocycles. The molecule has 0 spiro atoms. The zero-order valence-corrected chi connectivity index (χ0v) is 10.8. The molecule has 0 aromatic heterocycles. The van der Waals surface area contributed by atoms with Crippen LogP contribution in [-0.4, -0.2) is 12.5 Å². The van der Waals surface area contributed by atoms with Crippen molar-refractivity contribution >= 4 is 11.6 Å². The summed E-state index contributed by atoms with van der Waals surface area (Å²) < 4.78 is 26.0. The van der Waals surface area contributed by atoms with Crippen molar-refractivity contribution in [3.05, 3.63) is 29.8 Å². The van der Waals surface area contributed by atoms with Gasteiger partial charge in [0, 0.05) is 40.7 Å². The maximum atomic E-state index is 13.4. The van der Waals surface area contributed by atoms with Gasteiger partial charge in [-0.3, -0.25) is 4.79 Å². The van der Waals surface area contributed by atoms with Crippen molar-refractivity contribution in [1.82, 2.24) is 0 Å². The summed E-state index contributed by atoms with van der Waals surface area (Å²) >= 11 is 0. The zero-order chi connectivity index (χ0) is 11.4. The first-order valence-electron chi connectivity index (χ1n) is 4.85. The van der Waals surface area contributed by atoms with Crippen molar-refractivity contribution in [3.8, 4) is 0 Å². The van der Waals surface area contributed by atoms with E-state index >= 15 is 0 Å². The van der Waals surface area contributed by atoms with Crippen LogP contribution in [0.1, 0.15) is 20.3 Å². The summed E-state index contributed by atoms with van der Waals surface area (Å²) in [5, 5.41) is 0. The van der Waals surface area contributed by atoms with Crippen LogP contribution in [0.4, 0.5) is 14.5 Å². The zero-order valence-electron chi connectivity index (χ0n) is 9.26. The molecule has 16 heavy (non-hydrogen) atoms. The number of benzene rings is 1. The number of halogens is 2. The molecule has 86 valence electrons. The number of hydrogen-bond donors (Lipinski definition) is 0. The van der Waals surface area contributed by atoms with E-state index in [1.807, 2.05) is 0 Å². The molecule has 1 rings (SSSR count). The minimum atomic E-state index is -0.710. The van der Waals surface area contributed by atoms with Gasteiger partial charge in [-0.25, -0.2) is 8.78 Å². The Hall–Kier alpha value is -0.736. The van der Waals surface area contributed by atoms with Gasteiger partial charge in [0.25, 0.3) is 0 Å². The smallest absolute Gasteiger partial charge is 0.226 e. The van der Waals surface area contributed by atoms with Crippen molar-refractivity contribution in [2.75, 3.05) is 11.4 Å². The first-order valence-corrected chi connectivity index (χ1v) is 4.85. The average Bonchev–Trinajstić information content (AvgIpc) is 2.21. The van der Waals surface area contributed by atoms with Crippen LogP contribution in [0.2, 0.25) is 0 Å². The van der Waals surface area contributed by atoms with Gasteiger partial charge in [0.15, 0.2) is 0 Å². The van der Waals surface area contributed by atoms with Crippen LogP contribution in [0.15, 0.2) is 18.2 Å². The predicted molar refractivity (Wildman–Crippen MR) is 54.7 cm³/mol. The molecule has 0 bridgehead atoms. The Bertz CT molecular complexity index is 371. The summed E-state index contributed by atoms with van der Waals surface area (Å²) in [6.07, 6.45) is 0.296. The third-order valence-corrected chi connectivity index (χ3v) is 2.12. The van der Waals surface area contributed by atoms with E-state index in [1.54, 1.807) is 13.8 Å². The van der Waals surface area contributed by atoms with E-state index in [0.29, 0.717) is 13.0 Å². The fourth-order valence-electron chi connectivity index (χ4n) is 1.37. The van der Waals surface area contributed by atoms with E-state index in [4.69, 9.17) is 0 Å². The third kappa shape index (κ3) is 3.39. The number of rotatable bonds is 3. The van der Waals surface area contributed by atoms with E-state index in [0.717, 1.165) is 12.1 Å². The Morgan fingerprint density at radius 1 is 1.31 bits per heavy atom. The Kier molecular flexibility index (Phi) is 6.45. The summed E-state index contributed by atoms with van der Waals surface area (Å²) in [7, 11) is 0. The molecule has 0 atom stereocenters. The molecule has 0 unspecified atom stereocenters. The minimum absolute atomic E-state index is 0. The molecule has 0 aliphatic carbocycles. The Morgan fingerprint density at radius 3 is 2.38 bits per heavy atom. The SMILES string of the molecule is CCC(=O)N(CC)c1ccc(F)cc1F.[Ti]. The number of carbonyl (C=O) groups is 1.